The first-order chi connectivity index (χ1) is 10.2. The molecule has 2 aromatic heterocycles. The van der Waals surface area contributed by atoms with Gasteiger partial charge in [0.25, 0.3) is 5.91 Å². The van der Waals surface area contributed by atoms with Gasteiger partial charge in [-0.3, -0.25) is 9.89 Å². The minimum Gasteiger partial charge on any atom is -0.467 e. The molecule has 7 heteroatoms. The molecule has 0 spiro atoms. The highest BCUT2D eigenvalue weighted by Gasteiger charge is 2.43. The zero-order valence-electron chi connectivity index (χ0n) is 12.1. The van der Waals surface area contributed by atoms with E-state index in [9.17, 15) is 4.79 Å². The van der Waals surface area contributed by atoms with E-state index in [0.717, 1.165) is 11.3 Å². The molecule has 1 unspecified atom stereocenters. The molecular weight excluding hydrogens is 274 g/mol. The second-order valence-electron chi connectivity index (χ2n) is 4.89. The van der Waals surface area contributed by atoms with Crippen LogP contribution in [0.3, 0.4) is 0 Å². The van der Waals surface area contributed by atoms with Crippen molar-refractivity contribution in [1.29, 1.82) is 0 Å². The van der Waals surface area contributed by atoms with Crippen LogP contribution in [0, 0.1) is 6.92 Å². The minimum atomic E-state index is -0.500. The van der Waals surface area contributed by atoms with Gasteiger partial charge in [0.05, 0.1) is 12.8 Å². The fourth-order valence-electron chi connectivity index (χ4n) is 2.68. The average Bonchev–Trinajstić information content (AvgIpc) is 3.18. The molecule has 21 heavy (non-hydrogen) atoms. The van der Waals surface area contributed by atoms with Crippen LogP contribution in [-0.2, 0) is 9.47 Å². The molecule has 1 atom stereocenters. The third kappa shape index (κ3) is 2.14. The Morgan fingerprint density at radius 2 is 2.24 bits per heavy atom. The van der Waals surface area contributed by atoms with E-state index >= 15 is 0 Å². The SMILES string of the molecule is COC(CN1C(=O)c2n[nH]c(C)c2C1c1ccco1)OC. The fourth-order valence-corrected chi connectivity index (χ4v) is 2.68. The maximum Gasteiger partial charge on any atom is 0.275 e. The number of hydrogen-bond acceptors (Lipinski definition) is 5. The highest BCUT2D eigenvalue weighted by molar-refractivity contribution is 5.98. The van der Waals surface area contributed by atoms with Crippen molar-refractivity contribution >= 4 is 5.91 Å². The Hall–Kier alpha value is -2.12. The topological polar surface area (TPSA) is 80.6 Å². The van der Waals surface area contributed by atoms with Crippen LogP contribution in [0.25, 0.3) is 0 Å². The first kappa shape index (κ1) is 13.8. The zero-order valence-corrected chi connectivity index (χ0v) is 12.1. The number of nitrogens with zero attached hydrogens (tertiary/aromatic N) is 2. The summed E-state index contributed by atoms with van der Waals surface area (Å²) in [6.07, 6.45) is 1.09. The Morgan fingerprint density at radius 1 is 1.48 bits per heavy atom. The van der Waals surface area contributed by atoms with Gasteiger partial charge in [-0.2, -0.15) is 5.10 Å². The molecule has 0 saturated carbocycles. The van der Waals surface area contributed by atoms with Crippen LogP contribution in [0.5, 0.6) is 0 Å². The number of fused-ring (bicyclic) bond motifs is 1. The Balaban J connectivity index is 2.01. The van der Waals surface area contributed by atoms with Crippen LogP contribution in [-0.4, -0.2) is 48.1 Å². The van der Waals surface area contributed by atoms with Crippen molar-refractivity contribution in [3.05, 3.63) is 41.1 Å². The lowest BCUT2D eigenvalue weighted by molar-refractivity contribution is -0.114. The Morgan fingerprint density at radius 3 is 2.86 bits per heavy atom. The van der Waals surface area contributed by atoms with Gasteiger partial charge in [-0.25, -0.2) is 0 Å². The molecule has 0 aliphatic carbocycles. The molecule has 1 N–H and O–H groups in total. The summed E-state index contributed by atoms with van der Waals surface area (Å²) < 4.78 is 15.9. The van der Waals surface area contributed by atoms with Crippen molar-refractivity contribution in [2.24, 2.45) is 0 Å². The number of aryl methyl sites for hydroxylation is 1. The number of ether oxygens (including phenoxy) is 2. The third-order valence-electron chi connectivity index (χ3n) is 3.73. The molecule has 3 heterocycles. The van der Waals surface area contributed by atoms with Crippen molar-refractivity contribution in [2.75, 3.05) is 20.8 Å². The standard InChI is InChI=1S/C14H17N3O4/c1-8-11-12(16-15-8)14(18)17(7-10(19-2)20-3)13(11)9-5-4-6-21-9/h4-6,10,13H,7H2,1-3H3,(H,15,16). The van der Waals surface area contributed by atoms with Crippen molar-refractivity contribution in [3.8, 4) is 0 Å². The monoisotopic (exact) mass is 291 g/mol. The normalized spacial score (nSPS) is 17.8. The van der Waals surface area contributed by atoms with Crippen LogP contribution in [0.15, 0.2) is 22.8 Å². The molecule has 0 saturated heterocycles. The van der Waals surface area contributed by atoms with E-state index in [1.165, 1.54) is 0 Å². The second kappa shape index (κ2) is 5.34. The Kier molecular flexibility index (Phi) is 3.52. The number of rotatable bonds is 5. The van der Waals surface area contributed by atoms with Crippen LogP contribution in [0.2, 0.25) is 0 Å². The van der Waals surface area contributed by atoms with Crippen LogP contribution in [0.4, 0.5) is 0 Å². The predicted molar refractivity (Wildman–Crippen MR) is 72.7 cm³/mol. The van der Waals surface area contributed by atoms with Crippen molar-refractivity contribution < 1.29 is 18.7 Å². The van der Waals surface area contributed by atoms with E-state index in [1.54, 1.807) is 31.4 Å². The molecule has 112 valence electrons. The number of furan rings is 1. The molecule has 0 aromatic carbocycles. The van der Waals surface area contributed by atoms with Crippen molar-refractivity contribution in [3.63, 3.8) is 0 Å². The quantitative estimate of drug-likeness (QED) is 0.844. The van der Waals surface area contributed by atoms with Gasteiger partial charge in [0.2, 0.25) is 0 Å². The lowest BCUT2D eigenvalue weighted by atomic mass is 10.1. The summed E-state index contributed by atoms with van der Waals surface area (Å²) in [5.41, 5.74) is 2.13. The van der Waals surface area contributed by atoms with Gasteiger partial charge in [0, 0.05) is 25.5 Å². The maximum atomic E-state index is 12.6. The molecule has 2 aromatic rings. The summed E-state index contributed by atoms with van der Waals surface area (Å²) in [5, 5.41) is 6.97. The molecule has 7 nitrogen and oxygen atoms in total. The van der Waals surface area contributed by atoms with Crippen LogP contribution < -0.4 is 0 Å². The van der Waals surface area contributed by atoms with Gasteiger partial charge < -0.3 is 18.8 Å². The summed E-state index contributed by atoms with van der Waals surface area (Å²) in [7, 11) is 3.09. The molecule has 0 bridgehead atoms. The number of aromatic nitrogens is 2. The Labute approximate surface area is 121 Å². The predicted octanol–water partition coefficient (Wildman–Crippen LogP) is 1.48. The molecule has 0 fully saturated rings. The van der Waals surface area contributed by atoms with Crippen LogP contribution >= 0.6 is 0 Å². The molecule has 1 aliphatic rings. The zero-order chi connectivity index (χ0) is 15.0. The number of aromatic amines is 1. The number of carbonyl (C=O) groups is 1. The number of carbonyl (C=O) groups excluding carboxylic acids is 1. The van der Waals surface area contributed by atoms with E-state index in [2.05, 4.69) is 10.2 Å². The molecular formula is C14H17N3O4. The largest absolute Gasteiger partial charge is 0.467 e. The summed E-state index contributed by atoms with van der Waals surface area (Å²) in [5.74, 6) is 0.535. The van der Waals surface area contributed by atoms with Gasteiger partial charge in [-0.15, -0.1) is 0 Å². The van der Waals surface area contributed by atoms with Gasteiger partial charge in [0.1, 0.15) is 11.8 Å². The fraction of sp³-hybridized carbons (Fsp3) is 0.429. The van der Waals surface area contributed by atoms with Crippen molar-refractivity contribution in [2.45, 2.75) is 19.3 Å². The van der Waals surface area contributed by atoms with Crippen LogP contribution in [0.1, 0.15) is 33.5 Å². The van der Waals surface area contributed by atoms with E-state index in [4.69, 9.17) is 13.9 Å². The third-order valence-corrected chi connectivity index (χ3v) is 3.73. The summed E-state index contributed by atoms with van der Waals surface area (Å²) in [4.78, 5) is 14.2. The molecule has 0 radical (unpaired) electrons. The summed E-state index contributed by atoms with van der Waals surface area (Å²) >= 11 is 0. The van der Waals surface area contributed by atoms with E-state index in [1.807, 2.05) is 13.0 Å². The number of amides is 1. The first-order valence-corrected chi connectivity index (χ1v) is 6.62. The summed E-state index contributed by atoms with van der Waals surface area (Å²) in [6, 6.07) is 3.34. The van der Waals surface area contributed by atoms with Gasteiger partial charge in [-0.1, -0.05) is 0 Å². The number of nitrogens with one attached hydrogen (secondary N) is 1. The number of methoxy groups -OCH3 is 2. The second-order valence-corrected chi connectivity index (χ2v) is 4.89. The highest BCUT2D eigenvalue weighted by atomic mass is 16.7. The van der Waals surface area contributed by atoms with E-state index in [-0.39, 0.29) is 11.9 Å². The lowest BCUT2D eigenvalue weighted by Gasteiger charge is -2.27. The van der Waals surface area contributed by atoms with Gasteiger partial charge >= 0.3 is 0 Å². The molecule has 1 aliphatic heterocycles. The lowest BCUT2D eigenvalue weighted by Crippen LogP contribution is -2.37. The van der Waals surface area contributed by atoms with Crippen molar-refractivity contribution in [1.82, 2.24) is 15.1 Å². The molecule has 1 amide bonds. The maximum absolute atomic E-state index is 12.6. The van der Waals surface area contributed by atoms with Gasteiger partial charge in [0.15, 0.2) is 12.0 Å². The first-order valence-electron chi connectivity index (χ1n) is 6.62. The number of H-pyrrole nitrogens is 1. The smallest absolute Gasteiger partial charge is 0.275 e. The minimum absolute atomic E-state index is 0.158. The average molecular weight is 291 g/mol. The Bertz CT molecular complexity index is 631. The van der Waals surface area contributed by atoms with E-state index < -0.39 is 6.29 Å². The van der Waals surface area contributed by atoms with E-state index in [0.29, 0.717) is 18.0 Å². The molecule has 3 rings (SSSR count). The number of hydrogen-bond donors (Lipinski definition) is 1. The summed E-state index contributed by atoms with van der Waals surface area (Å²) in [6.45, 7) is 2.19. The highest BCUT2D eigenvalue weighted by Crippen LogP contribution is 2.39. The van der Waals surface area contributed by atoms with Gasteiger partial charge in [-0.05, 0) is 19.1 Å².